The Labute approximate surface area is 186 Å². The molecule has 1 amide bonds. The van der Waals surface area contributed by atoms with Gasteiger partial charge in [0, 0.05) is 44.1 Å². The van der Waals surface area contributed by atoms with E-state index in [0.29, 0.717) is 36.6 Å². The number of carbonyl (C=O) groups excluding carboxylic acids is 2. The third-order valence-electron chi connectivity index (χ3n) is 7.11. The van der Waals surface area contributed by atoms with Crippen LogP contribution < -0.4 is 5.32 Å². The molecular formula is C22H37N3O5S. The van der Waals surface area contributed by atoms with Crippen LogP contribution in [-0.4, -0.2) is 80.1 Å². The summed E-state index contributed by atoms with van der Waals surface area (Å²) in [7, 11) is -1.14. The first-order valence-electron chi connectivity index (χ1n) is 11.6. The fourth-order valence-corrected chi connectivity index (χ4v) is 6.21. The van der Waals surface area contributed by atoms with Crippen molar-refractivity contribution >= 4 is 21.9 Å². The Morgan fingerprint density at radius 3 is 2.48 bits per heavy atom. The second kappa shape index (κ2) is 10.0. The van der Waals surface area contributed by atoms with E-state index in [1.165, 1.54) is 36.4 Å². The highest BCUT2D eigenvalue weighted by atomic mass is 32.2. The zero-order valence-electron chi connectivity index (χ0n) is 19.1. The largest absolute Gasteiger partial charge is 0.450 e. The number of esters is 1. The maximum atomic E-state index is 13.0. The van der Waals surface area contributed by atoms with Gasteiger partial charge in [-0.2, -0.15) is 0 Å². The molecule has 1 saturated heterocycles. The highest BCUT2D eigenvalue weighted by molar-refractivity contribution is 7.89. The van der Waals surface area contributed by atoms with Crippen LogP contribution >= 0.6 is 0 Å². The van der Waals surface area contributed by atoms with Crippen molar-refractivity contribution < 1.29 is 22.7 Å². The predicted molar refractivity (Wildman–Crippen MR) is 119 cm³/mol. The van der Waals surface area contributed by atoms with Gasteiger partial charge < -0.3 is 15.0 Å². The van der Waals surface area contributed by atoms with Gasteiger partial charge in [0.05, 0.1) is 11.3 Å². The van der Waals surface area contributed by atoms with Crippen molar-refractivity contribution in [1.82, 2.24) is 14.5 Å². The van der Waals surface area contributed by atoms with Crippen molar-refractivity contribution in [2.75, 3.05) is 39.0 Å². The molecule has 176 valence electrons. The third-order valence-corrected chi connectivity index (χ3v) is 8.99. The number of ether oxygens (including phenoxy) is 1. The number of rotatable bonds is 8. The Morgan fingerprint density at radius 1 is 1.23 bits per heavy atom. The minimum atomic E-state index is -3.30. The second-order valence-electron chi connectivity index (χ2n) is 9.07. The van der Waals surface area contributed by atoms with Gasteiger partial charge in [-0.3, -0.25) is 4.79 Å². The molecule has 0 bridgehead atoms. The highest BCUT2D eigenvalue weighted by Crippen LogP contribution is 2.41. The number of sulfonamides is 1. The Balaban J connectivity index is 1.55. The quantitative estimate of drug-likeness (QED) is 0.443. The van der Waals surface area contributed by atoms with Crippen LogP contribution in [0, 0.1) is 0 Å². The van der Waals surface area contributed by atoms with Gasteiger partial charge in [0.1, 0.15) is 5.60 Å². The normalized spacial score (nSPS) is 22.9. The van der Waals surface area contributed by atoms with Gasteiger partial charge in [0.25, 0.3) is 5.91 Å². The molecule has 0 unspecified atom stereocenters. The van der Waals surface area contributed by atoms with Crippen LogP contribution in [0.25, 0.3) is 0 Å². The number of hydrogen-bond acceptors (Lipinski definition) is 6. The van der Waals surface area contributed by atoms with Crippen LogP contribution in [0.1, 0.15) is 65.2 Å². The Kier molecular flexibility index (Phi) is 7.81. The van der Waals surface area contributed by atoms with Crippen molar-refractivity contribution in [3.05, 3.63) is 11.1 Å². The van der Waals surface area contributed by atoms with Crippen molar-refractivity contribution in [2.45, 2.75) is 76.9 Å². The van der Waals surface area contributed by atoms with Gasteiger partial charge >= 0.3 is 5.97 Å². The van der Waals surface area contributed by atoms with Crippen molar-refractivity contribution in [2.24, 2.45) is 0 Å². The molecule has 2 fully saturated rings. The second-order valence-corrected chi connectivity index (χ2v) is 11.3. The first-order chi connectivity index (χ1) is 14.7. The maximum absolute atomic E-state index is 13.0. The van der Waals surface area contributed by atoms with Crippen LogP contribution in [0.15, 0.2) is 11.1 Å². The fraction of sp³-hybridized carbons (Fsp3) is 0.818. The predicted octanol–water partition coefficient (Wildman–Crippen LogP) is 1.81. The van der Waals surface area contributed by atoms with Gasteiger partial charge in [-0.1, -0.05) is 19.3 Å². The summed E-state index contributed by atoms with van der Waals surface area (Å²) >= 11 is 0. The number of piperidine rings is 1. The number of nitrogens with zero attached hydrogens (tertiary/aromatic N) is 2. The molecule has 1 saturated carbocycles. The lowest BCUT2D eigenvalue weighted by atomic mass is 9.83. The molecule has 0 atom stereocenters. The monoisotopic (exact) mass is 455 g/mol. The zero-order valence-corrected chi connectivity index (χ0v) is 19.9. The van der Waals surface area contributed by atoms with E-state index in [0.717, 1.165) is 13.0 Å². The van der Waals surface area contributed by atoms with Gasteiger partial charge in [0.15, 0.2) is 0 Å². The van der Waals surface area contributed by atoms with E-state index in [4.69, 9.17) is 4.74 Å². The van der Waals surface area contributed by atoms with Crippen LogP contribution in [0.3, 0.4) is 0 Å². The van der Waals surface area contributed by atoms with Crippen molar-refractivity contribution in [3.63, 3.8) is 0 Å². The van der Waals surface area contributed by atoms with Gasteiger partial charge in [-0.15, -0.1) is 0 Å². The molecule has 3 rings (SSSR count). The molecule has 0 aromatic heterocycles. The average molecular weight is 456 g/mol. The average Bonchev–Trinajstić information content (AvgIpc) is 3.01. The molecule has 1 aliphatic carbocycles. The van der Waals surface area contributed by atoms with Crippen LogP contribution in [0.2, 0.25) is 0 Å². The lowest BCUT2D eigenvalue weighted by Crippen LogP contribution is -2.50. The summed E-state index contributed by atoms with van der Waals surface area (Å²) in [4.78, 5) is 27.7. The van der Waals surface area contributed by atoms with Gasteiger partial charge in [-0.25, -0.2) is 17.5 Å². The molecule has 3 aliphatic rings. The minimum absolute atomic E-state index is 0.0390. The number of hydrogen-bond donors (Lipinski definition) is 1. The first kappa shape index (κ1) is 24.2. The summed E-state index contributed by atoms with van der Waals surface area (Å²) in [5.74, 6) is -0.707. The summed E-state index contributed by atoms with van der Waals surface area (Å²) < 4.78 is 31.4. The maximum Gasteiger partial charge on any atom is 0.335 e. The summed E-state index contributed by atoms with van der Waals surface area (Å²) in [5, 5.41) is 2.97. The van der Waals surface area contributed by atoms with E-state index >= 15 is 0 Å². The number of amides is 1. The molecule has 0 aromatic carbocycles. The molecule has 2 aliphatic heterocycles. The van der Waals surface area contributed by atoms with E-state index < -0.39 is 21.6 Å². The summed E-state index contributed by atoms with van der Waals surface area (Å²) in [6, 6.07) is 0.642. The smallest absolute Gasteiger partial charge is 0.335 e. The molecular weight excluding hydrogens is 418 g/mol. The Hall–Kier alpha value is -1.45. The van der Waals surface area contributed by atoms with Crippen LogP contribution in [0.4, 0.5) is 0 Å². The summed E-state index contributed by atoms with van der Waals surface area (Å²) in [6.45, 7) is 5.20. The number of carbonyl (C=O) groups is 2. The van der Waals surface area contributed by atoms with E-state index in [2.05, 4.69) is 17.3 Å². The SMILES string of the molecule is CCS(=O)(=O)N1CCC2(CC1)OC(=O)C(C)=C2C(=O)NCCCN(C)C1CCCCC1. The van der Waals surface area contributed by atoms with Gasteiger partial charge in [-0.05, 0) is 46.7 Å². The van der Waals surface area contributed by atoms with E-state index in [1.807, 2.05) is 0 Å². The number of nitrogens with one attached hydrogen (secondary N) is 1. The molecule has 1 N–H and O–H groups in total. The molecule has 31 heavy (non-hydrogen) atoms. The van der Waals surface area contributed by atoms with E-state index in [-0.39, 0.29) is 24.7 Å². The Bertz CT molecular complexity index is 809. The van der Waals surface area contributed by atoms with Crippen molar-refractivity contribution in [3.8, 4) is 0 Å². The van der Waals surface area contributed by atoms with Crippen LogP contribution in [-0.2, 0) is 24.3 Å². The molecule has 1 spiro atoms. The minimum Gasteiger partial charge on any atom is -0.450 e. The lowest BCUT2D eigenvalue weighted by Gasteiger charge is -2.38. The molecule has 0 radical (unpaired) electrons. The molecule has 2 heterocycles. The molecule has 8 nitrogen and oxygen atoms in total. The zero-order chi connectivity index (χ0) is 22.6. The van der Waals surface area contributed by atoms with E-state index in [1.54, 1.807) is 13.8 Å². The summed E-state index contributed by atoms with van der Waals surface area (Å²) in [5.41, 5.74) is -0.292. The third kappa shape index (κ3) is 5.31. The lowest BCUT2D eigenvalue weighted by molar-refractivity contribution is -0.150. The molecule has 9 heteroatoms. The fourth-order valence-electron chi connectivity index (χ4n) is 5.11. The first-order valence-corrected chi connectivity index (χ1v) is 13.2. The van der Waals surface area contributed by atoms with E-state index in [9.17, 15) is 18.0 Å². The Morgan fingerprint density at radius 2 is 1.87 bits per heavy atom. The topological polar surface area (TPSA) is 96.0 Å². The van der Waals surface area contributed by atoms with Crippen molar-refractivity contribution in [1.29, 1.82) is 0 Å². The highest BCUT2D eigenvalue weighted by Gasteiger charge is 2.51. The van der Waals surface area contributed by atoms with Gasteiger partial charge in [0.2, 0.25) is 10.0 Å². The van der Waals surface area contributed by atoms with Crippen LogP contribution in [0.5, 0.6) is 0 Å². The summed E-state index contributed by atoms with van der Waals surface area (Å²) in [6.07, 6.45) is 7.89. The standard InChI is InChI=1S/C22H37N3O5S/c1-4-31(28,29)25-15-11-22(12-16-25)19(17(2)21(27)30-22)20(26)23-13-8-14-24(3)18-9-6-5-7-10-18/h18H,4-16H2,1-3H3,(H,23,26). The molecule has 0 aromatic rings.